The summed E-state index contributed by atoms with van der Waals surface area (Å²) in [7, 11) is 0. The summed E-state index contributed by atoms with van der Waals surface area (Å²) in [5.74, 6) is 3.41. The number of aliphatic hydroxyl groups is 1. The van der Waals surface area contributed by atoms with Crippen molar-refractivity contribution in [3.8, 4) is 17.2 Å². The second-order valence-electron chi connectivity index (χ2n) is 8.48. The van der Waals surface area contributed by atoms with Gasteiger partial charge in [0.1, 0.15) is 23.4 Å². The van der Waals surface area contributed by atoms with E-state index in [4.69, 9.17) is 14.2 Å². The van der Waals surface area contributed by atoms with Gasteiger partial charge in [0, 0.05) is 32.3 Å². The van der Waals surface area contributed by atoms with E-state index >= 15 is 0 Å². The molecule has 4 rings (SSSR count). The second-order valence-corrected chi connectivity index (χ2v) is 8.48. The molecule has 1 heterocycles. The predicted octanol–water partition coefficient (Wildman–Crippen LogP) is 4.36. The zero-order valence-corrected chi connectivity index (χ0v) is 17.8. The molecular weight excluding hydrogens is 378 g/mol. The molecule has 0 unspecified atom stereocenters. The lowest BCUT2D eigenvalue weighted by molar-refractivity contribution is -0.0232. The van der Waals surface area contributed by atoms with Crippen LogP contribution in [0, 0.1) is 11.8 Å². The first kappa shape index (κ1) is 21.2. The molecule has 0 radical (unpaired) electrons. The molecular formula is C25H33NO4. The highest BCUT2D eigenvalue weighted by molar-refractivity contribution is 5.36. The Kier molecular flexibility index (Phi) is 7.26. The summed E-state index contributed by atoms with van der Waals surface area (Å²) in [6.45, 7) is 6.88. The van der Waals surface area contributed by atoms with Crippen molar-refractivity contribution < 1.29 is 19.3 Å². The summed E-state index contributed by atoms with van der Waals surface area (Å²) >= 11 is 0. The first-order valence-electron chi connectivity index (χ1n) is 11.2. The van der Waals surface area contributed by atoms with Crippen molar-refractivity contribution in [1.29, 1.82) is 0 Å². The van der Waals surface area contributed by atoms with E-state index in [9.17, 15) is 5.11 Å². The predicted molar refractivity (Wildman–Crippen MR) is 117 cm³/mol. The smallest absolute Gasteiger partial charge is 0.131 e. The van der Waals surface area contributed by atoms with Gasteiger partial charge in [0.15, 0.2) is 0 Å². The van der Waals surface area contributed by atoms with Gasteiger partial charge in [0.25, 0.3) is 0 Å². The van der Waals surface area contributed by atoms with E-state index < -0.39 is 6.10 Å². The number of nitrogens with zero attached hydrogens (tertiary/aromatic N) is 1. The Balaban J connectivity index is 1.32. The van der Waals surface area contributed by atoms with Crippen molar-refractivity contribution in [2.75, 3.05) is 32.8 Å². The van der Waals surface area contributed by atoms with Gasteiger partial charge in [-0.15, -0.1) is 0 Å². The lowest BCUT2D eigenvalue weighted by atomic mass is 9.78. The monoisotopic (exact) mass is 411 g/mol. The third-order valence-corrected chi connectivity index (χ3v) is 6.13. The van der Waals surface area contributed by atoms with Crippen LogP contribution < -0.4 is 9.47 Å². The number of aliphatic hydroxyl groups excluding tert-OH is 1. The van der Waals surface area contributed by atoms with E-state index in [0.29, 0.717) is 11.8 Å². The van der Waals surface area contributed by atoms with Gasteiger partial charge < -0.3 is 24.2 Å². The van der Waals surface area contributed by atoms with E-state index in [1.165, 1.54) is 0 Å². The topological polar surface area (TPSA) is 51.2 Å². The van der Waals surface area contributed by atoms with Crippen molar-refractivity contribution in [2.45, 2.75) is 38.4 Å². The second kappa shape index (κ2) is 10.3. The van der Waals surface area contributed by atoms with Gasteiger partial charge in [-0.05, 0) is 55.4 Å². The van der Waals surface area contributed by atoms with Crippen LogP contribution in [0.5, 0.6) is 17.2 Å². The van der Waals surface area contributed by atoms with E-state index in [0.717, 1.165) is 69.4 Å². The van der Waals surface area contributed by atoms with Crippen LogP contribution in [0.1, 0.15) is 26.2 Å². The Labute approximate surface area is 179 Å². The third-order valence-electron chi connectivity index (χ3n) is 6.13. The van der Waals surface area contributed by atoms with Crippen LogP contribution in [0.3, 0.4) is 0 Å². The minimum atomic E-state index is -0.429. The van der Waals surface area contributed by atoms with Crippen LogP contribution in [0.25, 0.3) is 0 Å². The molecule has 2 aliphatic rings. The van der Waals surface area contributed by atoms with Gasteiger partial charge in [-0.2, -0.15) is 0 Å². The molecule has 0 bridgehead atoms. The van der Waals surface area contributed by atoms with Gasteiger partial charge >= 0.3 is 0 Å². The molecule has 0 amide bonds. The zero-order valence-electron chi connectivity index (χ0n) is 17.8. The van der Waals surface area contributed by atoms with Crippen LogP contribution in [0.15, 0.2) is 54.6 Å². The summed E-state index contributed by atoms with van der Waals surface area (Å²) in [5, 5.41) is 10.7. The molecule has 2 aromatic rings. The Morgan fingerprint density at radius 3 is 2.43 bits per heavy atom. The van der Waals surface area contributed by atoms with Crippen molar-refractivity contribution in [3.05, 3.63) is 54.6 Å². The number of fused-ring (bicyclic) bond motifs is 1. The highest BCUT2D eigenvalue weighted by Gasteiger charge is 2.42. The number of hydrogen-bond acceptors (Lipinski definition) is 5. The molecule has 1 aliphatic carbocycles. The van der Waals surface area contributed by atoms with Gasteiger partial charge in [0.05, 0.1) is 12.7 Å². The van der Waals surface area contributed by atoms with Gasteiger partial charge in [-0.3, -0.25) is 0 Å². The fraction of sp³-hybridized carbons (Fsp3) is 0.520. The quantitative estimate of drug-likeness (QED) is 0.622. The molecule has 30 heavy (non-hydrogen) atoms. The van der Waals surface area contributed by atoms with E-state index in [1.54, 1.807) is 0 Å². The summed E-state index contributed by atoms with van der Waals surface area (Å²) in [5.41, 5.74) is 0. The average Bonchev–Trinajstić information content (AvgIpc) is 3.14. The SMILES string of the molecule is CCCOCCN1C[C@H]2C[C@@H](Oc3cccc(Oc4ccccc4)c3)[C@H](O)C[C@H]2C1. The Bertz CT molecular complexity index is 784. The standard InChI is InChI=1S/C25H33NO4/c1-2-12-28-13-11-26-17-19-14-24(27)25(15-20(19)18-26)30-23-10-6-9-22(16-23)29-21-7-4-3-5-8-21/h3-10,16,19-20,24-25,27H,2,11-15,17-18H2,1H3/t19-,20+,24+,25+/m0/s1. The van der Waals surface area contributed by atoms with Gasteiger partial charge in [0.2, 0.25) is 0 Å². The highest BCUT2D eigenvalue weighted by atomic mass is 16.5. The van der Waals surface area contributed by atoms with Crippen LogP contribution >= 0.6 is 0 Å². The van der Waals surface area contributed by atoms with Gasteiger partial charge in [-0.1, -0.05) is 31.2 Å². The minimum absolute atomic E-state index is 0.172. The molecule has 5 nitrogen and oxygen atoms in total. The van der Waals surface area contributed by atoms with Crippen molar-refractivity contribution >= 4 is 0 Å². The summed E-state index contributed by atoms with van der Waals surface area (Å²) in [6, 6.07) is 17.4. The van der Waals surface area contributed by atoms with Crippen molar-refractivity contribution in [1.82, 2.24) is 4.90 Å². The molecule has 5 heteroatoms. The summed E-state index contributed by atoms with van der Waals surface area (Å²) in [4.78, 5) is 2.48. The molecule has 2 aromatic carbocycles. The number of hydrogen-bond donors (Lipinski definition) is 1. The van der Waals surface area contributed by atoms with E-state index in [1.807, 2.05) is 54.6 Å². The van der Waals surface area contributed by atoms with Crippen LogP contribution in [-0.4, -0.2) is 55.1 Å². The maximum Gasteiger partial charge on any atom is 0.131 e. The van der Waals surface area contributed by atoms with Gasteiger partial charge in [-0.25, -0.2) is 0 Å². The molecule has 2 fully saturated rings. The highest BCUT2D eigenvalue weighted by Crippen LogP contribution is 2.38. The van der Waals surface area contributed by atoms with Crippen LogP contribution in [0.2, 0.25) is 0 Å². The Morgan fingerprint density at radius 2 is 1.63 bits per heavy atom. The number of rotatable bonds is 9. The number of para-hydroxylation sites is 1. The number of benzene rings is 2. The molecule has 0 spiro atoms. The first-order valence-corrected chi connectivity index (χ1v) is 11.2. The minimum Gasteiger partial charge on any atom is -0.488 e. The van der Waals surface area contributed by atoms with Crippen molar-refractivity contribution in [2.24, 2.45) is 11.8 Å². The molecule has 1 saturated carbocycles. The summed E-state index contributed by atoms with van der Waals surface area (Å²) in [6.07, 6.45) is 2.16. The largest absolute Gasteiger partial charge is 0.488 e. The molecule has 4 atom stereocenters. The average molecular weight is 412 g/mol. The normalized spacial score (nSPS) is 26.3. The maximum atomic E-state index is 10.7. The lowest BCUT2D eigenvalue weighted by Gasteiger charge is -2.35. The Hall–Kier alpha value is -2.08. The molecule has 1 aliphatic heterocycles. The van der Waals surface area contributed by atoms with E-state index in [2.05, 4.69) is 11.8 Å². The van der Waals surface area contributed by atoms with Crippen LogP contribution in [0.4, 0.5) is 0 Å². The summed E-state index contributed by atoms with van der Waals surface area (Å²) < 4.78 is 17.8. The fourth-order valence-electron chi connectivity index (χ4n) is 4.65. The first-order chi connectivity index (χ1) is 14.7. The molecule has 0 aromatic heterocycles. The molecule has 162 valence electrons. The number of likely N-dealkylation sites (tertiary alicyclic amines) is 1. The fourth-order valence-corrected chi connectivity index (χ4v) is 4.65. The molecule has 1 saturated heterocycles. The van der Waals surface area contributed by atoms with Crippen LogP contribution in [-0.2, 0) is 4.74 Å². The lowest BCUT2D eigenvalue weighted by Crippen LogP contribution is -2.42. The number of ether oxygens (including phenoxy) is 3. The third kappa shape index (κ3) is 5.54. The van der Waals surface area contributed by atoms with Crippen molar-refractivity contribution in [3.63, 3.8) is 0 Å². The maximum absolute atomic E-state index is 10.7. The Morgan fingerprint density at radius 1 is 0.900 bits per heavy atom. The van der Waals surface area contributed by atoms with E-state index in [-0.39, 0.29) is 6.10 Å². The zero-order chi connectivity index (χ0) is 20.8. The molecule has 1 N–H and O–H groups in total.